The Labute approximate surface area is 120 Å². The molecule has 0 atom stereocenters. The largest absolute Gasteiger partial charge is 1.00 e. The lowest BCUT2D eigenvalue weighted by molar-refractivity contribution is -0.115. The van der Waals surface area contributed by atoms with Gasteiger partial charge in [0, 0.05) is 7.26 Å². The van der Waals surface area contributed by atoms with E-state index in [0.717, 1.165) is 0 Å². The van der Waals surface area contributed by atoms with Crippen LogP contribution in [0.4, 0.5) is 0 Å². The van der Waals surface area contributed by atoms with Crippen molar-refractivity contribution in [2.45, 2.75) is 59.3 Å². The van der Waals surface area contributed by atoms with Crippen LogP contribution in [0.25, 0.3) is 0 Å². The number of hydrogen-bond acceptors (Lipinski definition) is 1. The predicted molar refractivity (Wildman–Crippen MR) is 80.3 cm³/mol. The number of halogens is 1. The van der Waals surface area contributed by atoms with Gasteiger partial charge in [-0.1, -0.05) is 40.0 Å². The van der Waals surface area contributed by atoms with Gasteiger partial charge in [-0.3, -0.25) is 4.79 Å². The van der Waals surface area contributed by atoms with Gasteiger partial charge in [-0.05, 0) is 19.3 Å². The number of carbonyl (C=O) groups excluding carboxylic acids is 1. The van der Waals surface area contributed by atoms with Gasteiger partial charge in [0.2, 0.25) is 0 Å². The van der Waals surface area contributed by atoms with E-state index in [1.165, 1.54) is 57.0 Å². The van der Waals surface area contributed by atoms with Crippen molar-refractivity contribution < 1.29 is 17.2 Å². The van der Waals surface area contributed by atoms with E-state index in [1.807, 2.05) is 0 Å². The first-order chi connectivity index (χ1) is 8.10. The van der Waals surface area contributed by atoms with Crippen molar-refractivity contribution in [1.29, 1.82) is 0 Å². The lowest BCUT2D eigenvalue weighted by atomic mass is 10.4. The minimum Gasteiger partial charge on any atom is -1.00 e. The molecule has 0 spiro atoms. The molecular weight excluding hydrogens is 265 g/mol. The summed E-state index contributed by atoms with van der Waals surface area (Å²) in [6.07, 6.45) is 12.1. The molecular formula is C14H31ClNOP. The molecule has 4 heteroatoms. The third-order valence-electron chi connectivity index (χ3n) is 3.45. The second-order valence-corrected chi connectivity index (χ2v) is 9.54. The summed E-state index contributed by atoms with van der Waals surface area (Å²) in [5.74, 6) is -0.0679. The van der Waals surface area contributed by atoms with Gasteiger partial charge >= 0.3 is 0 Å². The van der Waals surface area contributed by atoms with Gasteiger partial charge in [0.1, 0.15) is 6.16 Å². The number of primary amides is 1. The summed E-state index contributed by atoms with van der Waals surface area (Å²) < 4.78 is 0. The number of carbonyl (C=O) groups is 1. The Hall–Kier alpha value is 0.190. The molecule has 0 bridgehead atoms. The third-order valence-corrected chi connectivity index (χ3v) is 8.23. The molecule has 1 amide bonds. The molecule has 0 saturated carbocycles. The number of nitrogens with two attached hydrogens (primary N) is 1. The van der Waals surface area contributed by atoms with Gasteiger partial charge < -0.3 is 18.1 Å². The van der Waals surface area contributed by atoms with Crippen molar-refractivity contribution in [3.8, 4) is 0 Å². The van der Waals surface area contributed by atoms with E-state index in [0.29, 0.717) is 6.16 Å². The topological polar surface area (TPSA) is 43.1 Å². The van der Waals surface area contributed by atoms with Crippen LogP contribution in [-0.2, 0) is 4.79 Å². The maximum Gasteiger partial charge on any atom is 0.254 e. The van der Waals surface area contributed by atoms with Crippen LogP contribution < -0.4 is 18.1 Å². The lowest BCUT2D eigenvalue weighted by Crippen LogP contribution is -3.00. The van der Waals surface area contributed by atoms with Gasteiger partial charge in [0.05, 0.1) is 18.5 Å². The molecule has 0 aliphatic rings. The minimum atomic E-state index is -1.08. The fourth-order valence-electron chi connectivity index (χ4n) is 2.38. The van der Waals surface area contributed by atoms with Crippen LogP contribution in [0.5, 0.6) is 0 Å². The highest BCUT2D eigenvalue weighted by molar-refractivity contribution is 7.76. The van der Waals surface area contributed by atoms with E-state index >= 15 is 0 Å². The van der Waals surface area contributed by atoms with Crippen LogP contribution in [0.2, 0.25) is 0 Å². The Kier molecular flexibility index (Phi) is 13.9. The zero-order chi connectivity index (χ0) is 13.1. The second-order valence-electron chi connectivity index (χ2n) is 5.20. The first-order valence-electron chi connectivity index (χ1n) is 7.23. The summed E-state index contributed by atoms with van der Waals surface area (Å²) in [7, 11) is -1.08. The SMILES string of the molecule is CCCC[P+](CCCC)(CCCC)CC(N)=O.[Cl-]. The van der Waals surface area contributed by atoms with E-state index in [4.69, 9.17) is 5.73 Å². The highest BCUT2D eigenvalue weighted by atomic mass is 35.5. The Balaban J connectivity index is 0. The van der Waals surface area contributed by atoms with E-state index < -0.39 is 7.26 Å². The third kappa shape index (κ3) is 9.16. The summed E-state index contributed by atoms with van der Waals surface area (Å²) in [5.41, 5.74) is 5.48. The Morgan fingerprint density at radius 2 is 1.22 bits per heavy atom. The molecule has 2 N–H and O–H groups in total. The molecule has 0 aromatic carbocycles. The van der Waals surface area contributed by atoms with Crippen molar-refractivity contribution in [3.63, 3.8) is 0 Å². The number of amides is 1. The van der Waals surface area contributed by atoms with Gasteiger partial charge in [-0.2, -0.15) is 0 Å². The molecule has 0 radical (unpaired) electrons. The Bertz CT molecular complexity index is 190. The molecule has 18 heavy (non-hydrogen) atoms. The highest BCUT2D eigenvalue weighted by Crippen LogP contribution is 2.60. The molecule has 0 aromatic rings. The van der Waals surface area contributed by atoms with Crippen LogP contribution >= 0.6 is 7.26 Å². The molecule has 2 nitrogen and oxygen atoms in total. The molecule has 0 aliphatic carbocycles. The standard InChI is InChI=1S/C14H30NOP.ClH/c1-4-7-10-17(11-8-5-2,12-9-6-3)13-14(15)16;/h4-13H2,1-3H3,(H-,15,16);1H. The average molecular weight is 296 g/mol. The first kappa shape index (κ1) is 20.5. The maximum absolute atomic E-state index is 11.4. The molecule has 0 fully saturated rings. The van der Waals surface area contributed by atoms with Crippen LogP contribution in [-0.4, -0.2) is 30.6 Å². The maximum atomic E-state index is 11.4. The summed E-state index contributed by atoms with van der Waals surface area (Å²) in [5, 5.41) is 0. The van der Waals surface area contributed by atoms with Gasteiger partial charge in [-0.15, -0.1) is 0 Å². The summed E-state index contributed by atoms with van der Waals surface area (Å²) in [6, 6.07) is 0. The second kappa shape index (κ2) is 12.2. The van der Waals surface area contributed by atoms with Crippen molar-refractivity contribution in [2.75, 3.05) is 24.6 Å². The number of hydrogen-bond donors (Lipinski definition) is 1. The highest BCUT2D eigenvalue weighted by Gasteiger charge is 2.37. The smallest absolute Gasteiger partial charge is 0.254 e. The summed E-state index contributed by atoms with van der Waals surface area (Å²) in [4.78, 5) is 11.4. The first-order valence-corrected chi connectivity index (χ1v) is 9.76. The van der Waals surface area contributed by atoms with Crippen molar-refractivity contribution in [3.05, 3.63) is 0 Å². The Morgan fingerprint density at radius 3 is 1.44 bits per heavy atom. The van der Waals surface area contributed by atoms with E-state index in [-0.39, 0.29) is 18.3 Å². The van der Waals surface area contributed by atoms with Crippen LogP contribution in [0, 0.1) is 0 Å². The van der Waals surface area contributed by atoms with Gasteiger partial charge in [-0.25, -0.2) is 0 Å². The number of unbranched alkanes of at least 4 members (excludes halogenated alkanes) is 3. The van der Waals surface area contributed by atoms with E-state index in [1.54, 1.807) is 0 Å². The Morgan fingerprint density at radius 1 is 0.889 bits per heavy atom. The van der Waals surface area contributed by atoms with Crippen LogP contribution in [0.3, 0.4) is 0 Å². The average Bonchev–Trinajstić information content (AvgIpc) is 2.30. The minimum absolute atomic E-state index is 0. The quantitative estimate of drug-likeness (QED) is 0.565. The van der Waals surface area contributed by atoms with Gasteiger partial charge in [0.15, 0.2) is 0 Å². The predicted octanol–water partition coefficient (Wildman–Crippen LogP) is 0.894. The van der Waals surface area contributed by atoms with E-state index in [2.05, 4.69) is 20.8 Å². The number of rotatable bonds is 11. The molecule has 0 aromatic heterocycles. The molecule has 0 unspecified atom stereocenters. The molecule has 0 rings (SSSR count). The fourth-order valence-corrected chi connectivity index (χ4v) is 7.15. The fraction of sp³-hybridized carbons (Fsp3) is 0.929. The summed E-state index contributed by atoms with van der Waals surface area (Å²) >= 11 is 0. The zero-order valence-electron chi connectivity index (χ0n) is 12.4. The molecule has 0 aliphatic heterocycles. The van der Waals surface area contributed by atoms with Crippen molar-refractivity contribution in [1.82, 2.24) is 0 Å². The molecule has 0 saturated heterocycles. The van der Waals surface area contributed by atoms with Crippen molar-refractivity contribution in [2.24, 2.45) is 5.73 Å². The summed E-state index contributed by atoms with van der Waals surface area (Å²) in [6.45, 7) is 6.70. The van der Waals surface area contributed by atoms with Crippen LogP contribution in [0.15, 0.2) is 0 Å². The zero-order valence-corrected chi connectivity index (χ0v) is 14.0. The lowest BCUT2D eigenvalue weighted by Gasteiger charge is -2.26. The molecule has 0 heterocycles. The normalized spacial score (nSPS) is 11.1. The monoisotopic (exact) mass is 295 g/mol. The molecule has 110 valence electrons. The van der Waals surface area contributed by atoms with Crippen molar-refractivity contribution >= 4 is 13.2 Å². The van der Waals surface area contributed by atoms with Crippen LogP contribution in [0.1, 0.15) is 59.3 Å². The van der Waals surface area contributed by atoms with Gasteiger partial charge in [0.25, 0.3) is 5.91 Å². The van der Waals surface area contributed by atoms with E-state index in [9.17, 15) is 4.79 Å².